The zero-order chi connectivity index (χ0) is 16.9. The van der Waals surface area contributed by atoms with Crippen LogP contribution in [0.25, 0.3) is 0 Å². The van der Waals surface area contributed by atoms with E-state index >= 15 is 0 Å². The average Bonchev–Trinajstić information content (AvgIpc) is 2.60. The van der Waals surface area contributed by atoms with E-state index in [9.17, 15) is 0 Å². The second kappa shape index (κ2) is 7.79. The molecule has 0 aromatic heterocycles. The number of thiocarbonyl (C=S) groups is 1. The SMILES string of the molecule is COc1cccc(NC(=S)N/N=C2\CC[Se]c3ccc(C)cc32)c1. The van der Waals surface area contributed by atoms with E-state index in [0.717, 1.165) is 23.6 Å². The summed E-state index contributed by atoms with van der Waals surface area (Å²) in [4.78, 5) is 0. The van der Waals surface area contributed by atoms with Gasteiger partial charge in [0.15, 0.2) is 0 Å². The van der Waals surface area contributed by atoms with Gasteiger partial charge in [0, 0.05) is 0 Å². The molecule has 2 aromatic carbocycles. The van der Waals surface area contributed by atoms with Crippen molar-refractivity contribution < 1.29 is 4.74 Å². The second-order valence-electron chi connectivity index (χ2n) is 5.45. The third-order valence-electron chi connectivity index (χ3n) is 3.66. The van der Waals surface area contributed by atoms with Gasteiger partial charge in [-0.1, -0.05) is 0 Å². The number of anilines is 1. The van der Waals surface area contributed by atoms with Crippen LogP contribution < -0.4 is 19.9 Å². The van der Waals surface area contributed by atoms with Crippen LogP contribution in [0, 0.1) is 6.92 Å². The maximum absolute atomic E-state index is 5.34. The minimum atomic E-state index is 0.473. The molecule has 2 aromatic rings. The van der Waals surface area contributed by atoms with E-state index in [-0.39, 0.29) is 0 Å². The Morgan fingerprint density at radius 1 is 1.25 bits per heavy atom. The number of nitrogens with one attached hydrogen (secondary N) is 2. The van der Waals surface area contributed by atoms with Crippen LogP contribution >= 0.6 is 12.2 Å². The molecular weight excluding hydrogens is 385 g/mol. The number of hydrazone groups is 1. The van der Waals surface area contributed by atoms with Crippen LogP contribution in [0.4, 0.5) is 5.69 Å². The van der Waals surface area contributed by atoms with Crippen molar-refractivity contribution >= 4 is 48.1 Å². The molecule has 0 aliphatic carbocycles. The molecule has 124 valence electrons. The van der Waals surface area contributed by atoms with Crippen molar-refractivity contribution in [1.82, 2.24) is 5.43 Å². The molecular formula is C18H19N3OSSe. The van der Waals surface area contributed by atoms with Gasteiger partial charge in [-0.15, -0.1) is 0 Å². The minimum absolute atomic E-state index is 0.473. The van der Waals surface area contributed by atoms with Crippen LogP contribution in [0.3, 0.4) is 0 Å². The Kier molecular flexibility index (Phi) is 5.51. The number of benzene rings is 2. The number of hydrogen-bond donors (Lipinski definition) is 2. The standard InChI is InChI=1S/C18H19N3OSSe/c1-12-6-7-17-15(10-12)16(8-9-24-17)20-21-18(23)19-13-4-3-5-14(11-13)22-2/h3-7,10-11H,8-9H2,1-2H3,(H2,19,21,23)/b20-16+. The Bertz CT molecular complexity index is 792. The van der Waals surface area contributed by atoms with E-state index in [0.29, 0.717) is 20.1 Å². The molecule has 1 aliphatic rings. The van der Waals surface area contributed by atoms with Crippen molar-refractivity contribution in [1.29, 1.82) is 0 Å². The summed E-state index contributed by atoms with van der Waals surface area (Å²) in [7, 11) is 1.64. The van der Waals surface area contributed by atoms with Gasteiger partial charge < -0.3 is 0 Å². The van der Waals surface area contributed by atoms with Gasteiger partial charge in [-0.3, -0.25) is 0 Å². The number of aryl methyl sites for hydroxylation is 1. The van der Waals surface area contributed by atoms with E-state index in [1.807, 2.05) is 24.3 Å². The summed E-state index contributed by atoms with van der Waals surface area (Å²) in [5, 5.41) is 9.33. The predicted octanol–water partition coefficient (Wildman–Crippen LogP) is 2.85. The van der Waals surface area contributed by atoms with Crippen molar-refractivity contribution in [2.45, 2.75) is 18.7 Å². The van der Waals surface area contributed by atoms with Gasteiger partial charge in [0.1, 0.15) is 0 Å². The van der Waals surface area contributed by atoms with Crippen molar-refractivity contribution in [2.75, 3.05) is 12.4 Å². The van der Waals surface area contributed by atoms with E-state index in [2.05, 4.69) is 41.0 Å². The zero-order valence-corrected chi connectivity index (χ0v) is 16.2. The average molecular weight is 404 g/mol. The molecule has 0 saturated heterocycles. The first-order chi connectivity index (χ1) is 11.7. The maximum atomic E-state index is 5.34. The summed E-state index contributed by atoms with van der Waals surface area (Å²) in [5.41, 5.74) is 7.45. The Labute approximate surface area is 153 Å². The number of methoxy groups -OCH3 is 1. The van der Waals surface area contributed by atoms with Gasteiger partial charge in [-0.2, -0.15) is 0 Å². The van der Waals surface area contributed by atoms with Crippen LogP contribution in [0.2, 0.25) is 5.32 Å². The van der Waals surface area contributed by atoms with Gasteiger partial charge in [0.25, 0.3) is 0 Å². The molecule has 0 saturated carbocycles. The Morgan fingerprint density at radius 2 is 2.12 bits per heavy atom. The van der Waals surface area contributed by atoms with E-state index in [1.165, 1.54) is 20.9 Å². The number of hydrogen-bond acceptors (Lipinski definition) is 3. The van der Waals surface area contributed by atoms with Gasteiger partial charge >= 0.3 is 154 Å². The summed E-state index contributed by atoms with van der Waals surface area (Å²) in [6.07, 6.45) is 0.991. The number of ether oxygens (including phenoxy) is 1. The van der Waals surface area contributed by atoms with Crippen LogP contribution in [0.1, 0.15) is 17.5 Å². The Hall–Kier alpha value is -1.88. The molecule has 0 atom stereocenters. The van der Waals surface area contributed by atoms with Gasteiger partial charge in [0.2, 0.25) is 0 Å². The topological polar surface area (TPSA) is 45.6 Å². The molecule has 0 amide bonds. The van der Waals surface area contributed by atoms with E-state index in [1.54, 1.807) is 7.11 Å². The molecule has 0 fully saturated rings. The third kappa shape index (κ3) is 4.15. The van der Waals surface area contributed by atoms with E-state index in [4.69, 9.17) is 17.0 Å². The molecule has 0 spiro atoms. The Morgan fingerprint density at radius 3 is 2.96 bits per heavy atom. The third-order valence-corrected chi connectivity index (χ3v) is 6.11. The fourth-order valence-corrected chi connectivity index (χ4v) is 4.77. The van der Waals surface area contributed by atoms with Crippen molar-refractivity contribution in [3.05, 3.63) is 53.6 Å². The van der Waals surface area contributed by atoms with Crippen LogP contribution in [-0.4, -0.2) is 32.9 Å². The van der Waals surface area contributed by atoms with Gasteiger partial charge in [-0.25, -0.2) is 0 Å². The molecule has 2 N–H and O–H groups in total. The molecule has 1 aliphatic heterocycles. The summed E-state index contributed by atoms with van der Waals surface area (Å²) in [5.74, 6) is 0.785. The molecule has 0 bridgehead atoms. The quantitative estimate of drug-likeness (QED) is 0.469. The first kappa shape index (κ1) is 17.0. The zero-order valence-electron chi connectivity index (χ0n) is 13.6. The van der Waals surface area contributed by atoms with Crippen molar-refractivity contribution in [3.63, 3.8) is 0 Å². The first-order valence-corrected chi connectivity index (χ1v) is 10.1. The van der Waals surface area contributed by atoms with E-state index < -0.39 is 0 Å². The molecule has 0 radical (unpaired) electrons. The van der Waals surface area contributed by atoms with Crippen LogP contribution in [0.5, 0.6) is 5.75 Å². The summed E-state index contributed by atoms with van der Waals surface area (Å²) >= 11 is 5.89. The second-order valence-corrected chi connectivity index (χ2v) is 8.25. The molecule has 0 unspecified atom stereocenters. The van der Waals surface area contributed by atoms with Crippen molar-refractivity contribution in [2.24, 2.45) is 5.10 Å². The van der Waals surface area contributed by atoms with Gasteiger partial charge in [0.05, 0.1) is 0 Å². The number of nitrogens with zero attached hydrogens (tertiary/aromatic N) is 1. The normalized spacial score (nSPS) is 14.8. The first-order valence-electron chi connectivity index (χ1n) is 7.67. The van der Waals surface area contributed by atoms with Crippen LogP contribution in [-0.2, 0) is 0 Å². The molecule has 3 rings (SSSR count). The molecule has 6 heteroatoms. The number of rotatable bonds is 3. The Balaban J connectivity index is 1.70. The van der Waals surface area contributed by atoms with Gasteiger partial charge in [-0.05, 0) is 0 Å². The number of fused-ring (bicyclic) bond motifs is 1. The molecule has 4 nitrogen and oxygen atoms in total. The summed E-state index contributed by atoms with van der Waals surface area (Å²) in [6, 6.07) is 14.3. The summed E-state index contributed by atoms with van der Waals surface area (Å²) < 4.78 is 6.64. The monoisotopic (exact) mass is 405 g/mol. The van der Waals surface area contributed by atoms with Crippen LogP contribution in [0.15, 0.2) is 47.6 Å². The predicted molar refractivity (Wildman–Crippen MR) is 105 cm³/mol. The fraction of sp³-hybridized carbons (Fsp3) is 0.222. The molecule has 1 heterocycles. The summed E-state index contributed by atoms with van der Waals surface area (Å²) in [6.45, 7) is 2.11. The fourth-order valence-electron chi connectivity index (χ4n) is 2.48. The van der Waals surface area contributed by atoms with Crippen molar-refractivity contribution in [3.8, 4) is 5.75 Å². The molecule has 24 heavy (non-hydrogen) atoms.